The molecule has 1 aromatic carbocycles. The number of hydrogen-bond acceptors (Lipinski definition) is 3. The Morgan fingerprint density at radius 2 is 1.71 bits per heavy atom. The summed E-state index contributed by atoms with van der Waals surface area (Å²) in [6.07, 6.45) is 10.8. The fourth-order valence-electron chi connectivity index (χ4n) is 7.66. The quantitative estimate of drug-likeness (QED) is 0.481. The molecule has 1 spiro atoms. The van der Waals surface area contributed by atoms with Crippen molar-refractivity contribution in [3.63, 3.8) is 0 Å². The third-order valence-electron chi connectivity index (χ3n) is 9.38. The van der Waals surface area contributed by atoms with Crippen molar-refractivity contribution in [2.75, 3.05) is 0 Å². The summed E-state index contributed by atoms with van der Waals surface area (Å²) in [5, 5.41) is 11.6. The second-order valence-corrected chi connectivity index (χ2v) is 13.8. The van der Waals surface area contributed by atoms with Crippen molar-refractivity contribution in [3.05, 3.63) is 63.5 Å². The van der Waals surface area contributed by atoms with Gasteiger partial charge in [0.1, 0.15) is 6.10 Å². The first-order chi connectivity index (χ1) is 16.6. The van der Waals surface area contributed by atoms with E-state index in [-0.39, 0.29) is 22.5 Å². The predicted octanol–water partition coefficient (Wildman–Crippen LogP) is 7.93. The van der Waals surface area contributed by atoms with E-state index in [1.165, 1.54) is 66.5 Å². The lowest BCUT2D eigenvalue weighted by atomic mass is 9.70. The molecule has 1 N–H and O–H groups in total. The smallest absolute Gasteiger partial charge is 0.111 e. The second kappa shape index (κ2) is 8.15. The standard InChI is InChI=1S/C32H43NO2/c1-30(2,3)22-14-10-13-21(17-22)29-26-27(32(35-29)15-8-9-16-32)25-23(18-31(4,5)19-24(25)34)33-28(26)20-11-6-7-12-20/h10,13-14,17,20,24,29,34H,6-9,11-12,15-16,18-19H2,1-5H3/t24?,29-/m1/s1. The molecule has 2 atom stereocenters. The minimum atomic E-state index is -0.451. The van der Waals surface area contributed by atoms with Gasteiger partial charge in [-0.1, -0.05) is 84.6 Å². The summed E-state index contributed by atoms with van der Waals surface area (Å²) in [6, 6.07) is 9.09. The van der Waals surface area contributed by atoms with Crippen molar-refractivity contribution < 1.29 is 9.84 Å². The molecule has 0 bridgehead atoms. The highest BCUT2D eigenvalue weighted by Crippen LogP contribution is 2.60. The molecule has 2 fully saturated rings. The van der Waals surface area contributed by atoms with E-state index >= 15 is 0 Å². The van der Waals surface area contributed by atoms with Crippen LogP contribution in [0.5, 0.6) is 0 Å². The third kappa shape index (κ3) is 3.89. The average molecular weight is 474 g/mol. The highest BCUT2D eigenvalue weighted by Gasteiger charge is 2.53. The van der Waals surface area contributed by atoms with Crippen LogP contribution in [0.25, 0.3) is 0 Å². The van der Waals surface area contributed by atoms with Gasteiger partial charge in [-0.15, -0.1) is 0 Å². The zero-order chi connectivity index (χ0) is 24.6. The maximum Gasteiger partial charge on any atom is 0.111 e. The fraction of sp³-hybridized carbons (Fsp3) is 0.656. The SMILES string of the molecule is CC1(C)Cc2nc(C3CCCC3)c3c(c2C(O)C1)C1(CCCC1)O[C@@H]3c1cccc(C(C)(C)C)c1. The maximum absolute atomic E-state index is 11.6. The van der Waals surface area contributed by atoms with Gasteiger partial charge in [-0.25, -0.2) is 0 Å². The van der Waals surface area contributed by atoms with Crippen LogP contribution in [0, 0.1) is 5.41 Å². The molecule has 0 amide bonds. The predicted molar refractivity (Wildman–Crippen MR) is 141 cm³/mol. The number of pyridine rings is 1. The van der Waals surface area contributed by atoms with Gasteiger partial charge in [0.2, 0.25) is 0 Å². The van der Waals surface area contributed by atoms with E-state index in [0.717, 1.165) is 36.9 Å². The van der Waals surface area contributed by atoms with Crippen LogP contribution in [0.15, 0.2) is 24.3 Å². The van der Waals surface area contributed by atoms with Gasteiger partial charge in [0, 0.05) is 22.7 Å². The summed E-state index contributed by atoms with van der Waals surface area (Å²) in [5.41, 5.74) is 8.80. The van der Waals surface area contributed by atoms with Gasteiger partial charge >= 0.3 is 0 Å². The van der Waals surface area contributed by atoms with E-state index in [4.69, 9.17) is 9.72 Å². The molecule has 4 aliphatic rings. The molecule has 35 heavy (non-hydrogen) atoms. The number of aliphatic hydroxyl groups excluding tert-OH is 1. The van der Waals surface area contributed by atoms with Gasteiger partial charge in [-0.05, 0) is 66.0 Å². The summed E-state index contributed by atoms with van der Waals surface area (Å²) < 4.78 is 7.25. The van der Waals surface area contributed by atoms with Crippen molar-refractivity contribution in [3.8, 4) is 0 Å². The molecule has 1 aliphatic heterocycles. The summed E-state index contributed by atoms with van der Waals surface area (Å²) in [5.74, 6) is 0.518. The van der Waals surface area contributed by atoms with Gasteiger partial charge in [-0.3, -0.25) is 4.98 Å². The van der Waals surface area contributed by atoms with Crippen molar-refractivity contribution >= 4 is 0 Å². The van der Waals surface area contributed by atoms with Crippen molar-refractivity contribution in [2.45, 2.75) is 128 Å². The number of fused-ring (bicyclic) bond motifs is 4. The van der Waals surface area contributed by atoms with Crippen LogP contribution >= 0.6 is 0 Å². The Kier molecular flexibility index (Phi) is 5.51. The van der Waals surface area contributed by atoms with Gasteiger partial charge in [0.05, 0.1) is 17.4 Å². The Morgan fingerprint density at radius 3 is 2.40 bits per heavy atom. The number of nitrogens with zero attached hydrogens (tertiary/aromatic N) is 1. The molecule has 1 unspecified atom stereocenters. The highest BCUT2D eigenvalue weighted by atomic mass is 16.5. The molecule has 3 nitrogen and oxygen atoms in total. The molecule has 188 valence electrons. The summed E-state index contributed by atoms with van der Waals surface area (Å²) in [6.45, 7) is 11.4. The molecule has 1 aromatic heterocycles. The molecule has 6 rings (SSSR count). The largest absolute Gasteiger partial charge is 0.388 e. The lowest BCUT2D eigenvalue weighted by molar-refractivity contribution is -0.0581. The molecule has 3 heteroatoms. The Balaban J connectivity index is 1.61. The first-order valence-electron chi connectivity index (χ1n) is 14.1. The van der Waals surface area contributed by atoms with E-state index < -0.39 is 6.10 Å². The normalized spacial score (nSPS) is 27.4. The van der Waals surface area contributed by atoms with E-state index in [1.807, 2.05) is 0 Å². The average Bonchev–Trinajstić information content (AvgIpc) is 3.54. The summed E-state index contributed by atoms with van der Waals surface area (Å²) in [4.78, 5) is 5.47. The minimum Gasteiger partial charge on any atom is -0.388 e. The van der Waals surface area contributed by atoms with Gasteiger partial charge in [0.25, 0.3) is 0 Å². The van der Waals surface area contributed by atoms with Gasteiger partial charge in [0.15, 0.2) is 0 Å². The van der Waals surface area contributed by atoms with Crippen LogP contribution in [-0.4, -0.2) is 10.1 Å². The lowest BCUT2D eigenvalue weighted by Crippen LogP contribution is -2.32. The lowest BCUT2D eigenvalue weighted by Gasteiger charge is -2.38. The molecular formula is C32H43NO2. The molecule has 2 heterocycles. The number of hydrogen-bond donors (Lipinski definition) is 1. The first-order valence-corrected chi connectivity index (χ1v) is 14.1. The topological polar surface area (TPSA) is 42.4 Å². The molecular weight excluding hydrogens is 430 g/mol. The Labute approximate surface area is 211 Å². The summed E-state index contributed by atoms with van der Waals surface area (Å²) >= 11 is 0. The molecule has 0 saturated heterocycles. The van der Waals surface area contributed by atoms with Crippen LogP contribution in [0.4, 0.5) is 0 Å². The van der Waals surface area contributed by atoms with Crippen LogP contribution in [-0.2, 0) is 22.2 Å². The van der Waals surface area contributed by atoms with Crippen molar-refractivity contribution in [1.82, 2.24) is 4.98 Å². The van der Waals surface area contributed by atoms with Gasteiger partial charge < -0.3 is 9.84 Å². The van der Waals surface area contributed by atoms with E-state index in [0.29, 0.717) is 5.92 Å². The van der Waals surface area contributed by atoms with E-state index in [9.17, 15) is 5.11 Å². The molecule has 2 aromatic rings. The number of rotatable bonds is 2. The van der Waals surface area contributed by atoms with Crippen molar-refractivity contribution in [1.29, 1.82) is 0 Å². The van der Waals surface area contributed by atoms with Crippen molar-refractivity contribution in [2.24, 2.45) is 5.41 Å². The third-order valence-corrected chi connectivity index (χ3v) is 9.38. The second-order valence-electron chi connectivity index (χ2n) is 13.8. The van der Waals surface area contributed by atoms with Gasteiger partial charge in [-0.2, -0.15) is 0 Å². The van der Waals surface area contributed by atoms with E-state index in [1.54, 1.807) is 0 Å². The number of aromatic nitrogens is 1. The number of ether oxygens (including phenoxy) is 1. The molecule has 3 aliphatic carbocycles. The summed E-state index contributed by atoms with van der Waals surface area (Å²) in [7, 11) is 0. The molecule has 2 saturated carbocycles. The fourth-order valence-corrected chi connectivity index (χ4v) is 7.66. The zero-order valence-corrected chi connectivity index (χ0v) is 22.4. The van der Waals surface area contributed by atoms with Crippen LogP contribution in [0.3, 0.4) is 0 Å². The van der Waals surface area contributed by atoms with E-state index in [2.05, 4.69) is 58.9 Å². The Morgan fingerprint density at radius 1 is 1.00 bits per heavy atom. The van der Waals surface area contributed by atoms with Crippen LogP contribution < -0.4 is 0 Å². The first kappa shape index (κ1) is 23.7. The maximum atomic E-state index is 11.6. The number of benzene rings is 1. The van der Waals surface area contributed by atoms with Crippen LogP contribution in [0.1, 0.15) is 150 Å². The molecule has 0 radical (unpaired) electrons. The Hall–Kier alpha value is -1.71. The Bertz CT molecular complexity index is 1130. The minimum absolute atomic E-state index is 0.0728. The number of aliphatic hydroxyl groups is 1. The highest BCUT2D eigenvalue weighted by molar-refractivity contribution is 5.55. The zero-order valence-electron chi connectivity index (χ0n) is 22.4. The van der Waals surface area contributed by atoms with Crippen LogP contribution in [0.2, 0.25) is 0 Å². The monoisotopic (exact) mass is 473 g/mol.